The molecule has 2 heterocycles. The van der Waals surface area contributed by atoms with E-state index in [1.54, 1.807) is 0 Å². The summed E-state index contributed by atoms with van der Waals surface area (Å²) in [5.41, 5.74) is -0.705. The molecule has 6 nitrogen and oxygen atoms in total. The van der Waals surface area contributed by atoms with Crippen LogP contribution >= 0.6 is 0 Å². The van der Waals surface area contributed by atoms with E-state index in [2.05, 4.69) is 5.32 Å². The van der Waals surface area contributed by atoms with E-state index in [0.29, 0.717) is 0 Å². The normalized spacial score (nSPS) is 34.7. The second-order valence-electron chi connectivity index (χ2n) is 6.63. The van der Waals surface area contributed by atoms with Crippen molar-refractivity contribution in [2.24, 2.45) is 11.3 Å². The first kappa shape index (κ1) is 14.2. The first-order chi connectivity index (χ1) is 9.93. The minimum atomic E-state index is -0.942. The van der Waals surface area contributed by atoms with Crippen LogP contribution in [0.2, 0.25) is 0 Å². The van der Waals surface area contributed by atoms with Gasteiger partial charge in [-0.2, -0.15) is 0 Å². The highest BCUT2D eigenvalue weighted by Gasteiger charge is 2.56. The van der Waals surface area contributed by atoms with Crippen molar-refractivity contribution in [3.63, 3.8) is 0 Å². The lowest BCUT2D eigenvalue weighted by Gasteiger charge is -2.35. The summed E-state index contributed by atoms with van der Waals surface area (Å²) in [5, 5.41) is 2.17. The molecule has 0 spiro atoms. The van der Waals surface area contributed by atoms with Crippen LogP contribution < -0.4 is 5.32 Å². The highest BCUT2D eigenvalue weighted by atomic mass is 16.2. The fourth-order valence-corrected chi connectivity index (χ4v) is 3.99. The van der Waals surface area contributed by atoms with Gasteiger partial charge in [-0.15, -0.1) is 0 Å². The maximum Gasteiger partial charge on any atom is 0.250 e. The van der Waals surface area contributed by atoms with Gasteiger partial charge in [0, 0.05) is 6.42 Å². The Morgan fingerprint density at radius 1 is 1.10 bits per heavy atom. The number of amides is 4. The lowest BCUT2D eigenvalue weighted by molar-refractivity contribution is -0.148. The third-order valence-corrected chi connectivity index (χ3v) is 5.26. The van der Waals surface area contributed by atoms with Gasteiger partial charge in [0.15, 0.2) is 0 Å². The van der Waals surface area contributed by atoms with Crippen molar-refractivity contribution in [2.75, 3.05) is 0 Å². The quantitative estimate of drug-likeness (QED) is 0.761. The third kappa shape index (κ3) is 2.17. The molecule has 6 heteroatoms. The number of imide groups is 2. The zero-order valence-corrected chi connectivity index (χ0v) is 12.2. The molecule has 114 valence electrons. The first-order valence-electron chi connectivity index (χ1n) is 7.63. The molecular weight excluding hydrogens is 272 g/mol. The lowest BCUT2D eigenvalue weighted by atomic mass is 9.69. The molecule has 2 aliphatic heterocycles. The van der Waals surface area contributed by atoms with Gasteiger partial charge in [0.25, 0.3) is 0 Å². The Morgan fingerprint density at radius 2 is 1.76 bits per heavy atom. The highest BCUT2D eigenvalue weighted by Crippen LogP contribution is 2.46. The minimum absolute atomic E-state index is 0.100. The number of hydrogen-bond donors (Lipinski definition) is 1. The molecule has 1 N–H and O–H groups in total. The van der Waals surface area contributed by atoms with Crippen LogP contribution in [0.4, 0.5) is 0 Å². The smallest absolute Gasteiger partial charge is 0.250 e. The van der Waals surface area contributed by atoms with Crippen LogP contribution in [0.25, 0.3) is 0 Å². The van der Waals surface area contributed by atoms with Crippen LogP contribution in [0.3, 0.4) is 0 Å². The van der Waals surface area contributed by atoms with Gasteiger partial charge in [-0.1, -0.05) is 19.3 Å². The maximum absolute atomic E-state index is 12.8. The Kier molecular flexibility index (Phi) is 3.34. The lowest BCUT2D eigenvalue weighted by Crippen LogP contribution is -2.47. The molecule has 2 saturated heterocycles. The topological polar surface area (TPSA) is 83.6 Å². The zero-order valence-electron chi connectivity index (χ0n) is 12.2. The molecule has 0 aromatic carbocycles. The summed E-state index contributed by atoms with van der Waals surface area (Å²) in [4.78, 5) is 49.2. The number of nitrogens with one attached hydrogen (secondary N) is 1. The number of nitrogens with zero attached hydrogens (tertiary/aromatic N) is 1. The standard InChI is InChI=1S/C15H20N2O4/c1-15(9-5-3-2-4-6-9)8-12(19)17(14(15)21)10-7-11(18)16-13(10)20/h9-10H,2-8H2,1H3,(H,16,18,20). The predicted octanol–water partition coefficient (Wildman–Crippen LogP) is 0.747. The van der Waals surface area contributed by atoms with E-state index in [4.69, 9.17) is 0 Å². The number of hydrogen-bond acceptors (Lipinski definition) is 4. The Morgan fingerprint density at radius 3 is 2.33 bits per heavy atom. The summed E-state index contributed by atoms with van der Waals surface area (Å²) >= 11 is 0. The number of rotatable bonds is 2. The molecule has 3 aliphatic rings. The molecule has 1 saturated carbocycles. The minimum Gasteiger partial charge on any atom is -0.295 e. The second kappa shape index (κ2) is 4.93. The van der Waals surface area contributed by atoms with E-state index in [0.717, 1.165) is 30.6 Å². The summed E-state index contributed by atoms with van der Waals surface area (Å²) in [6, 6.07) is -0.942. The monoisotopic (exact) mass is 292 g/mol. The summed E-state index contributed by atoms with van der Waals surface area (Å²) in [6.07, 6.45) is 5.33. The van der Waals surface area contributed by atoms with Gasteiger partial charge in [0.05, 0.1) is 11.8 Å². The van der Waals surface area contributed by atoms with E-state index >= 15 is 0 Å². The zero-order chi connectivity index (χ0) is 15.2. The van der Waals surface area contributed by atoms with E-state index in [1.807, 2.05) is 6.92 Å². The molecule has 0 radical (unpaired) electrons. The summed E-state index contributed by atoms with van der Waals surface area (Å²) in [6.45, 7) is 1.85. The SMILES string of the molecule is CC1(C2CCCCC2)CC(=O)N(C2CC(=O)NC2=O)C1=O. The number of likely N-dealkylation sites (tertiary alicyclic amines) is 1. The van der Waals surface area contributed by atoms with E-state index in [-0.39, 0.29) is 30.6 Å². The van der Waals surface area contributed by atoms with Gasteiger partial charge >= 0.3 is 0 Å². The molecule has 3 fully saturated rings. The first-order valence-corrected chi connectivity index (χ1v) is 7.63. The van der Waals surface area contributed by atoms with Crippen molar-refractivity contribution in [2.45, 2.75) is 57.9 Å². The van der Waals surface area contributed by atoms with E-state index in [9.17, 15) is 19.2 Å². The van der Waals surface area contributed by atoms with Gasteiger partial charge in [-0.25, -0.2) is 0 Å². The molecule has 21 heavy (non-hydrogen) atoms. The van der Waals surface area contributed by atoms with Crippen LogP contribution in [0.15, 0.2) is 0 Å². The Hall–Kier alpha value is -1.72. The molecular formula is C15H20N2O4. The van der Waals surface area contributed by atoms with Crippen LogP contribution in [0.1, 0.15) is 51.9 Å². The summed E-state index contributed by atoms with van der Waals surface area (Å²) in [5.74, 6) is -1.34. The largest absolute Gasteiger partial charge is 0.295 e. The van der Waals surface area contributed by atoms with Crippen molar-refractivity contribution < 1.29 is 19.2 Å². The van der Waals surface area contributed by atoms with E-state index in [1.165, 1.54) is 6.42 Å². The fraction of sp³-hybridized carbons (Fsp3) is 0.733. The predicted molar refractivity (Wildman–Crippen MR) is 72.7 cm³/mol. The average molecular weight is 292 g/mol. The van der Waals surface area contributed by atoms with Gasteiger partial charge in [-0.05, 0) is 25.7 Å². The van der Waals surface area contributed by atoms with E-state index < -0.39 is 23.3 Å². The van der Waals surface area contributed by atoms with Crippen molar-refractivity contribution in [3.05, 3.63) is 0 Å². The fourth-order valence-electron chi connectivity index (χ4n) is 3.99. The molecule has 2 atom stereocenters. The summed E-state index contributed by atoms with van der Waals surface area (Å²) in [7, 11) is 0. The van der Waals surface area contributed by atoms with Crippen LogP contribution in [-0.2, 0) is 19.2 Å². The molecule has 4 amide bonds. The van der Waals surface area contributed by atoms with Crippen molar-refractivity contribution >= 4 is 23.6 Å². The molecule has 2 unspecified atom stereocenters. The Bertz CT molecular complexity index is 524. The molecule has 0 bridgehead atoms. The van der Waals surface area contributed by atoms with Crippen molar-refractivity contribution in [1.29, 1.82) is 0 Å². The van der Waals surface area contributed by atoms with Gasteiger partial charge in [-0.3, -0.25) is 29.4 Å². The molecule has 1 aliphatic carbocycles. The van der Waals surface area contributed by atoms with Crippen molar-refractivity contribution in [1.82, 2.24) is 10.2 Å². The Balaban J connectivity index is 1.84. The third-order valence-electron chi connectivity index (χ3n) is 5.26. The highest BCUT2D eigenvalue weighted by molar-refractivity contribution is 6.13. The van der Waals surface area contributed by atoms with Gasteiger partial charge in [0.2, 0.25) is 23.6 Å². The maximum atomic E-state index is 12.8. The second-order valence-corrected chi connectivity index (χ2v) is 6.63. The average Bonchev–Trinajstić information content (AvgIpc) is 2.89. The summed E-state index contributed by atoms with van der Waals surface area (Å²) < 4.78 is 0. The van der Waals surface area contributed by atoms with Crippen LogP contribution in [0.5, 0.6) is 0 Å². The van der Waals surface area contributed by atoms with Crippen molar-refractivity contribution in [3.8, 4) is 0 Å². The molecule has 0 aromatic heterocycles. The molecule has 3 rings (SSSR count). The van der Waals surface area contributed by atoms with Crippen LogP contribution in [0, 0.1) is 11.3 Å². The number of carbonyl (C=O) groups excluding carboxylic acids is 4. The number of carbonyl (C=O) groups is 4. The van der Waals surface area contributed by atoms with Crippen LogP contribution in [-0.4, -0.2) is 34.6 Å². The Labute approximate surface area is 123 Å². The van der Waals surface area contributed by atoms with Gasteiger partial charge < -0.3 is 0 Å². The molecule has 0 aromatic rings. The van der Waals surface area contributed by atoms with Gasteiger partial charge in [0.1, 0.15) is 6.04 Å².